The molecule has 9 nitrogen and oxygen atoms in total. The number of amides is 2. The maximum absolute atomic E-state index is 15.7. The molecule has 0 aliphatic heterocycles. The van der Waals surface area contributed by atoms with Crippen LogP contribution >= 0.6 is 11.6 Å². The summed E-state index contributed by atoms with van der Waals surface area (Å²) < 4.78 is 17.2. The van der Waals surface area contributed by atoms with Gasteiger partial charge in [0.25, 0.3) is 11.5 Å². The number of carbonyl (C=O) groups excluding carboxylic acids is 2. The van der Waals surface area contributed by atoms with E-state index in [0.717, 1.165) is 16.7 Å². The highest BCUT2D eigenvalue weighted by atomic mass is 35.5. The molecule has 0 unspecified atom stereocenters. The zero-order valence-electron chi connectivity index (χ0n) is 29.3. The quantitative estimate of drug-likeness (QED) is 0.191. The molecule has 0 saturated carbocycles. The average Bonchev–Trinajstić information content (AvgIpc) is 2.95. The summed E-state index contributed by atoms with van der Waals surface area (Å²) in [5, 5.41) is 15.7. The molecule has 0 radical (unpaired) electrons. The molecule has 2 atom stereocenters. The van der Waals surface area contributed by atoms with Crippen molar-refractivity contribution in [1.29, 1.82) is 0 Å². The van der Waals surface area contributed by atoms with Gasteiger partial charge < -0.3 is 20.3 Å². The van der Waals surface area contributed by atoms with E-state index in [1.807, 2.05) is 34.7 Å². The number of carbonyl (C=O) groups is 3. The maximum atomic E-state index is 15.7. The Bertz CT molecular complexity index is 1710. The first-order chi connectivity index (χ1) is 22.3. The summed E-state index contributed by atoms with van der Waals surface area (Å²) in [4.78, 5) is 54.6. The molecule has 3 rings (SSSR count). The molecule has 3 N–H and O–H groups in total. The second-order valence-electron chi connectivity index (χ2n) is 13.9. The fraction of sp³-hybridized carbons (Fsp3) is 0.459. The molecule has 3 aromatic rings. The number of nitrogens with zero attached hydrogens (tertiary/aromatic N) is 2. The molecule has 0 spiro atoms. The third-order valence-corrected chi connectivity index (χ3v) is 8.77. The largest absolute Gasteiger partial charge is 0.481 e. The summed E-state index contributed by atoms with van der Waals surface area (Å²) in [5.74, 6) is -3.36. The first kappa shape index (κ1) is 38.4. The number of likely N-dealkylation sites (N-methyl/N-ethyl adjacent to an activating group) is 1. The van der Waals surface area contributed by atoms with Crippen LogP contribution < -0.4 is 16.2 Å². The van der Waals surface area contributed by atoms with Crippen LogP contribution in [0, 0.1) is 32.5 Å². The topological polar surface area (TPSA) is 121 Å². The monoisotopic (exact) mass is 682 g/mol. The van der Waals surface area contributed by atoms with Crippen LogP contribution in [0.1, 0.15) is 86.1 Å². The number of aliphatic carboxylic acids is 1. The Morgan fingerprint density at radius 3 is 2.21 bits per heavy atom. The molecular formula is C37H48ClFN4O5. The van der Waals surface area contributed by atoms with Crippen molar-refractivity contribution >= 4 is 29.4 Å². The zero-order chi connectivity index (χ0) is 36.1. The normalized spacial score (nSPS) is 13.0. The predicted octanol–water partition coefficient (Wildman–Crippen LogP) is 6.44. The molecule has 0 saturated heterocycles. The van der Waals surface area contributed by atoms with E-state index >= 15 is 4.39 Å². The summed E-state index contributed by atoms with van der Waals surface area (Å²) in [6.45, 7) is 16.2. The van der Waals surface area contributed by atoms with Crippen molar-refractivity contribution in [3.8, 4) is 11.1 Å². The molecule has 1 aromatic heterocycles. The lowest BCUT2D eigenvalue weighted by molar-refractivity contribution is -0.137. The van der Waals surface area contributed by atoms with Crippen molar-refractivity contribution in [2.75, 3.05) is 13.6 Å². The van der Waals surface area contributed by atoms with Crippen molar-refractivity contribution < 1.29 is 23.9 Å². The van der Waals surface area contributed by atoms with Gasteiger partial charge in [-0.05, 0) is 125 Å². The van der Waals surface area contributed by atoms with Gasteiger partial charge in [-0.2, -0.15) is 0 Å². The van der Waals surface area contributed by atoms with Crippen LogP contribution in [0.15, 0.2) is 47.4 Å². The lowest BCUT2D eigenvalue weighted by atomic mass is 9.90. The minimum absolute atomic E-state index is 0.00953. The van der Waals surface area contributed by atoms with Gasteiger partial charge in [0, 0.05) is 35.4 Å². The Balaban J connectivity index is 1.94. The van der Waals surface area contributed by atoms with Gasteiger partial charge in [-0.1, -0.05) is 25.4 Å². The molecule has 2 amide bonds. The molecule has 260 valence electrons. The number of carboxylic acid groups (broad SMARTS) is 1. The predicted molar refractivity (Wildman–Crippen MR) is 188 cm³/mol. The van der Waals surface area contributed by atoms with E-state index in [2.05, 4.69) is 36.3 Å². The van der Waals surface area contributed by atoms with E-state index in [-0.39, 0.29) is 34.6 Å². The second kappa shape index (κ2) is 15.9. The van der Waals surface area contributed by atoms with E-state index < -0.39 is 47.7 Å². The minimum Gasteiger partial charge on any atom is -0.481 e. The van der Waals surface area contributed by atoms with Crippen LogP contribution in [0.4, 0.5) is 4.39 Å². The molecule has 48 heavy (non-hydrogen) atoms. The van der Waals surface area contributed by atoms with E-state index in [1.54, 1.807) is 43.5 Å². The number of aryl methyl sites for hydroxylation is 3. The number of benzene rings is 2. The highest BCUT2D eigenvalue weighted by molar-refractivity contribution is 6.30. The van der Waals surface area contributed by atoms with Crippen molar-refractivity contribution in [3.63, 3.8) is 0 Å². The van der Waals surface area contributed by atoms with Gasteiger partial charge in [0.1, 0.15) is 17.4 Å². The van der Waals surface area contributed by atoms with Crippen LogP contribution in [-0.2, 0) is 16.1 Å². The van der Waals surface area contributed by atoms with Gasteiger partial charge in [0.2, 0.25) is 5.91 Å². The summed E-state index contributed by atoms with van der Waals surface area (Å²) in [6.07, 6.45) is 1.21. The van der Waals surface area contributed by atoms with E-state index in [0.29, 0.717) is 23.7 Å². The molecule has 0 aliphatic rings. The molecule has 0 bridgehead atoms. The van der Waals surface area contributed by atoms with Crippen LogP contribution in [-0.4, -0.2) is 57.5 Å². The minimum atomic E-state index is -1.25. The number of hydrogen-bond acceptors (Lipinski definition) is 5. The lowest BCUT2D eigenvalue weighted by Crippen LogP contribution is -2.49. The number of nitrogens with one attached hydrogen (secondary N) is 2. The summed E-state index contributed by atoms with van der Waals surface area (Å²) >= 11 is 6.24. The number of carboxylic acids is 1. The Hall–Kier alpha value is -4.02. The number of aromatic nitrogens is 1. The first-order valence-corrected chi connectivity index (χ1v) is 16.5. The van der Waals surface area contributed by atoms with Gasteiger partial charge in [-0.25, -0.2) is 4.39 Å². The van der Waals surface area contributed by atoms with Gasteiger partial charge >= 0.3 is 5.97 Å². The average molecular weight is 683 g/mol. The number of hydrogen-bond donors (Lipinski definition) is 3. The fourth-order valence-electron chi connectivity index (χ4n) is 5.66. The van der Waals surface area contributed by atoms with Gasteiger partial charge in [-0.15, -0.1) is 0 Å². The summed E-state index contributed by atoms with van der Waals surface area (Å²) in [5.41, 5.74) is 2.76. The third-order valence-electron chi connectivity index (χ3n) is 8.55. The van der Waals surface area contributed by atoms with E-state index in [9.17, 15) is 24.3 Å². The Kier molecular flexibility index (Phi) is 12.7. The molecule has 0 fully saturated rings. The van der Waals surface area contributed by atoms with E-state index in [4.69, 9.17) is 11.6 Å². The standard InChI is InChI=1S/C37H48ClFN4O5/c1-21(2)15-30(41-34(46)27-11-10-12-43(36(27)48)14-13-42(9)37(6,7)8)35(47)40-29(20-31(44)45)28-19-25(16-24(5)33(28)39)32-22(3)17-26(38)18-23(32)4/h10-12,16-19,21,29-30H,13-15,20H2,1-9H3,(H,40,47)(H,41,46)(H,44,45)/t29-,30-/m0/s1. The lowest BCUT2D eigenvalue weighted by Gasteiger charge is -2.32. The van der Waals surface area contributed by atoms with Crippen molar-refractivity contribution in [2.24, 2.45) is 5.92 Å². The Morgan fingerprint density at radius 2 is 1.65 bits per heavy atom. The third kappa shape index (κ3) is 9.76. The van der Waals surface area contributed by atoms with Crippen molar-refractivity contribution in [2.45, 2.75) is 92.4 Å². The number of pyridine rings is 1. The smallest absolute Gasteiger partial charge is 0.305 e. The SMILES string of the molecule is Cc1cc(-c2c(C)cc(Cl)cc2C)cc([C@H](CC(=O)O)NC(=O)[C@H](CC(C)C)NC(=O)c2cccn(CCN(C)C(C)(C)C)c2=O)c1F. The molecule has 0 aliphatic carbocycles. The van der Waals surface area contributed by atoms with Gasteiger partial charge in [0.05, 0.1) is 12.5 Å². The Labute approximate surface area is 287 Å². The molecule has 2 aromatic carbocycles. The van der Waals surface area contributed by atoms with Crippen LogP contribution in [0.2, 0.25) is 5.02 Å². The molecule has 11 heteroatoms. The fourth-order valence-corrected chi connectivity index (χ4v) is 5.99. The van der Waals surface area contributed by atoms with Crippen molar-refractivity contribution in [3.05, 3.63) is 91.6 Å². The highest BCUT2D eigenvalue weighted by Crippen LogP contribution is 2.34. The number of halogens is 2. The molecule has 1 heterocycles. The maximum Gasteiger partial charge on any atom is 0.305 e. The summed E-state index contributed by atoms with van der Waals surface area (Å²) in [7, 11) is 1.96. The highest BCUT2D eigenvalue weighted by Gasteiger charge is 2.29. The van der Waals surface area contributed by atoms with E-state index in [1.165, 1.54) is 10.6 Å². The molecular weight excluding hydrogens is 635 g/mol. The number of rotatable bonds is 13. The van der Waals surface area contributed by atoms with Gasteiger partial charge in [0.15, 0.2) is 0 Å². The first-order valence-electron chi connectivity index (χ1n) is 16.1. The second-order valence-corrected chi connectivity index (χ2v) is 14.4. The summed E-state index contributed by atoms with van der Waals surface area (Å²) in [6, 6.07) is 7.47. The van der Waals surface area contributed by atoms with Crippen molar-refractivity contribution in [1.82, 2.24) is 20.1 Å². The van der Waals surface area contributed by atoms with Crippen LogP contribution in [0.25, 0.3) is 11.1 Å². The van der Waals surface area contributed by atoms with Crippen LogP contribution in [0.5, 0.6) is 0 Å². The van der Waals surface area contributed by atoms with Crippen LogP contribution in [0.3, 0.4) is 0 Å². The van der Waals surface area contributed by atoms with Gasteiger partial charge in [-0.3, -0.25) is 24.1 Å². The Morgan fingerprint density at radius 1 is 1.02 bits per heavy atom. The zero-order valence-corrected chi connectivity index (χ0v) is 30.1.